The lowest BCUT2D eigenvalue weighted by Gasteiger charge is -2.21. The Balaban J connectivity index is 1.94. The van der Waals surface area contributed by atoms with E-state index >= 15 is 0 Å². The Morgan fingerprint density at radius 3 is 2.42 bits per heavy atom. The predicted molar refractivity (Wildman–Crippen MR) is 138 cm³/mol. The number of amides is 1. The highest BCUT2D eigenvalue weighted by atomic mass is 19.1. The Hall–Kier alpha value is -3.91. The molecule has 0 radical (unpaired) electrons. The van der Waals surface area contributed by atoms with Gasteiger partial charge < -0.3 is 24.7 Å². The first-order valence-corrected chi connectivity index (χ1v) is 11.7. The molecule has 7 nitrogen and oxygen atoms in total. The summed E-state index contributed by atoms with van der Waals surface area (Å²) in [6, 6.07) is 9.83. The average Bonchev–Trinajstić information content (AvgIpc) is 3.24. The topological polar surface area (TPSA) is 96.3 Å². The second-order valence-electron chi connectivity index (χ2n) is 9.57. The maximum atomic E-state index is 13.8. The molecule has 1 amide bonds. The van der Waals surface area contributed by atoms with Gasteiger partial charge in [-0.05, 0) is 93.3 Å². The first-order valence-electron chi connectivity index (χ1n) is 11.7. The number of fused-ring (bicyclic) bond motifs is 1. The Labute approximate surface area is 208 Å². The standard InChI is InChI=1S/C28H30FN3O4/c1-7-30-26(33)23-13-21-22(14-32(6)27(34)24(21)31-23)17-10-18(28(4,5)35)12-20(11-17)36-25-15(2)8-19(29)9-16(25)3/h8-14,31,35H,7H2,1-6H3,(H,30,33). The number of carbonyl (C=O) groups excluding carboxylic acids is 1. The van der Waals surface area contributed by atoms with Crippen LogP contribution in [0.15, 0.2) is 47.4 Å². The van der Waals surface area contributed by atoms with Crippen molar-refractivity contribution in [3.8, 4) is 22.6 Å². The van der Waals surface area contributed by atoms with Crippen molar-refractivity contribution in [2.24, 2.45) is 7.05 Å². The van der Waals surface area contributed by atoms with E-state index in [9.17, 15) is 19.1 Å². The van der Waals surface area contributed by atoms with Gasteiger partial charge in [0.1, 0.15) is 28.5 Å². The van der Waals surface area contributed by atoms with Crippen LogP contribution in [0.25, 0.3) is 22.0 Å². The van der Waals surface area contributed by atoms with E-state index in [2.05, 4.69) is 10.3 Å². The van der Waals surface area contributed by atoms with Crippen molar-refractivity contribution < 1.29 is 19.0 Å². The number of hydrogen-bond acceptors (Lipinski definition) is 4. The molecule has 0 aliphatic carbocycles. The van der Waals surface area contributed by atoms with E-state index < -0.39 is 5.60 Å². The fourth-order valence-electron chi connectivity index (χ4n) is 4.28. The van der Waals surface area contributed by atoms with Gasteiger partial charge in [0.15, 0.2) is 0 Å². The van der Waals surface area contributed by atoms with Crippen molar-refractivity contribution in [2.45, 2.75) is 40.2 Å². The summed E-state index contributed by atoms with van der Waals surface area (Å²) in [7, 11) is 1.64. The van der Waals surface area contributed by atoms with Gasteiger partial charge in [0.05, 0.1) is 5.60 Å². The Morgan fingerprint density at radius 2 is 1.81 bits per heavy atom. The molecule has 2 aromatic carbocycles. The van der Waals surface area contributed by atoms with Crippen LogP contribution in [0.3, 0.4) is 0 Å². The minimum Gasteiger partial charge on any atom is -0.457 e. The molecule has 0 fully saturated rings. The number of aryl methyl sites for hydroxylation is 3. The molecule has 4 aromatic rings. The van der Waals surface area contributed by atoms with E-state index in [0.717, 1.165) is 0 Å². The van der Waals surface area contributed by atoms with E-state index in [4.69, 9.17) is 4.74 Å². The van der Waals surface area contributed by atoms with Crippen LogP contribution in [0, 0.1) is 19.7 Å². The predicted octanol–water partition coefficient (Wildman–Crippen LogP) is 5.06. The summed E-state index contributed by atoms with van der Waals surface area (Å²) < 4.78 is 21.5. The molecular weight excluding hydrogens is 461 g/mol. The summed E-state index contributed by atoms with van der Waals surface area (Å²) in [6.07, 6.45) is 1.70. The molecule has 0 saturated heterocycles. The number of aromatic nitrogens is 2. The van der Waals surface area contributed by atoms with Crippen molar-refractivity contribution in [1.29, 1.82) is 0 Å². The molecule has 36 heavy (non-hydrogen) atoms. The molecular formula is C28H30FN3O4. The molecule has 2 heterocycles. The summed E-state index contributed by atoms with van der Waals surface area (Å²) >= 11 is 0. The van der Waals surface area contributed by atoms with Gasteiger partial charge in [0.25, 0.3) is 11.5 Å². The van der Waals surface area contributed by atoms with E-state index in [0.29, 0.717) is 56.8 Å². The second-order valence-corrected chi connectivity index (χ2v) is 9.57. The van der Waals surface area contributed by atoms with E-state index in [-0.39, 0.29) is 23.0 Å². The van der Waals surface area contributed by atoms with Crippen molar-refractivity contribution in [3.63, 3.8) is 0 Å². The third-order valence-corrected chi connectivity index (χ3v) is 6.12. The molecule has 8 heteroatoms. The first kappa shape index (κ1) is 25.2. The SMILES string of the molecule is CCNC(=O)c1cc2c(-c3cc(Oc4c(C)cc(F)cc4C)cc(C(C)(C)O)c3)cn(C)c(=O)c2[nH]1. The highest BCUT2D eigenvalue weighted by Crippen LogP contribution is 2.37. The number of H-pyrrole nitrogens is 1. The van der Waals surface area contributed by atoms with Gasteiger partial charge in [-0.25, -0.2) is 4.39 Å². The minimum absolute atomic E-state index is 0.267. The van der Waals surface area contributed by atoms with E-state index in [1.54, 1.807) is 59.1 Å². The van der Waals surface area contributed by atoms with Crippen LogP contribution in [-0.2, 0) is 12.6 Å². The van der Waals surface area contributed by atoms with Crippen LogP contribution in [0.5, 0.6) is 11.5 Å². The van der Waals surface area contributed by atoms with Crippen LogP contribution in [0.1, 0.15) is 48.0 Å². The highest BCUT2D eigenvalue weighted by molar-refractivity contribution is 6.02. The largest absolute Gasteiger partial charge is 0.457 e. The average molecular weight is 492 g/mol. The van der Waals surface area contributed by atoms with Crippen LogP contribution in [-0.4, -0.2) is 27.1 Å². The quantitative estimate of drug-likeness (QED) is 0.351. The van der Waals surface area contributed by atoms with Gasteiger partial charge in [0.2, 0.25) is 0 Å². The fourth-order valence-corrected chi connectivity index (χ4v) is 4.28. The smallest absolute Gasteiger partial charge is 0.274 e. The number of aromatic amines is 1. The maximum Gasteiger partial charge on any atom is 0.274 e. The number of benzene rings is 2. The minimum atomic E-state index is -1.19. The Bertz CT molecular complexity index is 1520. The van der Waals surface area contributed by atoms with E-state index in [1.807, 2.05) is 13.0 Å². The molecule has 4 rings (SSSR count). The zero-order valence-corrected chi connectivity index (χ0v) is 21.2. The summed E-state index contributed by atoms with van der Waals surface area (Å²) in [4.78, 5) is 28.3. The molecule has 2 aromatic heterocycles. The maximum absolute atomic E-state index is 13.8. The number of carbonyl (C=O) groups is 1. The molecule has 0 bridgehead atoms. The lowest BCUT2D eigenvalue weighted by Crippen LogP contribution is -2.23. The van der Waals surface area contributed by atoms with Crippen LogP contribution in [0.4, 0.5) is 4.39 Å². The molecule has 0 aliphatic rings. The third kappa shape index (κ3) is 4.77. The van der Waals surface area contributed by atoms with Gasteiger partial charge in [-0.1, -0.05) is 0 Å². The number of pyridine rings is 1. The highest BCUT2D eigenvalue weighted by Gasteiger charge is 2.22. The molecule has 0 saturated carbocycles. The van der Waals surface area contributed by atoms with Gasteiger partial charge in [0, 0.05) is 30.7 Å². The lowest BCUT2D eigenvalue weighted by molar-refractivity contribution is 0.0784. The molecule has 0 spiro atoms. The molecule has 0 atom stereocenters. The Morgan fingerprint density at radius 1 is 1.14 bits per heavy atom. The normalized spacial score (nSPS) is 11.7. The van der Waals surface area contributed by atoms with Crippen molar-refractivity contribution in [1.82, 2.24) is 14.9 Å². The van der Waals surface area contributed by atoms with Crippen LogP contribution >= 0.6 is 0 Å². The number of nitrogens with one attached hydrogen (secondary N) is 2. The molecule has 0 aliphatic heterocycles. The van der Waals surface area contributed by atoms with E-state index in [1.165, 1.54) is 16.7 Å². The molecule has 3 N–H and O–H groups in total. The number of halogens is 1. The number of aliphatic hydroxyl groups is 1. The summed E-state index contributed by atoms with van der Waals surface area (Å²) in [6.45, 7) is 9.15. The third-order valence-electron chi connectivity index (χ3n) is 6.12. The monoisotopic (exact) mass is 491 g/mol. The lowest BCUT2D eigenvalue weighted by atomic mass is 9.93. The van der Waals surface area contributed by atoms with Crippen molar-refractivity contribution >= 4 is 16.8 Å². The zero-order valence-electron chi connectivity index (χ0n) is 21.2. The molecule has 188 valence electrons. The van der Waals surface area contributed by atoms with Crippen molar-refractivity contribution in [2.75, 3.05) is 6.54 Å². The number of rotatable bonds is 6. The Kier molecular flexibility index (Phi) is 6.49. The molecule has 0 unspecified atom stereocenters. The van der Waals surface area contributed by atoms with Gasteiger partial charge >= 0.3 is 0 Å². The summed E-state index contributed by atoms with van der Waals surface area (Å²) in [5.41, 5.74) is 2.37. The fraction of sp³-hybridized carbons (Fsp3) is 0.286. The summed E-state index contributed by atoms with van der Waals surface area (Å²) in [5.74, 6) is 0.328. The number of ether oxygens (including phenoxy) is 1. The van der Waals surface area contributed by atoms with Crippen LogP contribution in [0.2, 0.25) is 0 Å². The van der Waals surface area contributed by atoms with Crippen LogP contribution < -0.4 is 15.6 Å². The van der Waals surface area contributed by atoms with Gasteiger partial charge in [-0.2, -0.15) is 0 Å². The second kappa shape index (κ2) is 9.28. The number of nitrogens with zero attached hydrogens (tertiary/aromatic N) is 1. The van der Waals surface area contributed by atoms with Crippen molar-refractivity contribution in [3.05, 3.63) is 81.2 Å². The summed E-state index contributed by atoms with van der Waals surface area (Å²) in [5, 5.41) is 14.1. The number of hydrogen-bond donors (Lipinski definition) is 3. The van der Waals surface area contributed by atoms with Gasteiger partial charge in [-0.15, -0.1) is 0 Å². The van der Waals surface area contributed by atoms with Gasteiger partial charge in [-0.3, -0.25) is 9.59 Å². The zero-order chi connectivity index (χ0) is 26.4. The first-order chi connectivity index (χ1) is 16.9.